The number of furan rings is 1. The molecule has 0 unspecified atom stereocenters. The molecule has 1 aliphatic carbocycles. The number of nitrogens with two attached hydrogens (primary N) is 1. The average molecular weight is 405 g/mol. The molecule has 1 aliphatic rings. The molecule has 0 spiro atoms. The van der Waals surface area contributed by atoms with Gasteiger partial charge in [-0.25, -0.2) is 15.0 Å². The van der Waals surface area contributed by atoms with E-state index in [4.69, 9.17) is 14.9 Å². The molecule has 0 saturated heterocycles. The normalized spacial score (nSPS) is 16.3. The first-order chi connectivity index (χ1) is 14.2. The van der Waals surface area contributed by atoms with Gasteiger partial charge in [-0.15, -0.1) is 0 Å². The topological polar surface area (TPSA) is 107 Å². The zero-order valence-corrected chi connectivity index (χ0v) is 17.1. The number of nitrogens with zero attached hydrogens (tertiary/aromatic N) is 1. The molecule has 7 heteroatoms. The summed E-state index contributed by atoms with van der Waals surface area (Å²) >= 11 is 0. The van der Waals surface area contributed by atoms with Crippen molar-refractivity contribution in [3.05, 3.63) is 65.1 Å². The fourth-order valence-corrected chi connectivity index (χ4v) is 3.96. The summed E-state index contributed by atoms with van der Waals surface area (Å²) in [4.78, 5) is 24.1. The summed E-state index contributed by atoms with van der Waals surface area (Å²) in [5.41, 5.74) is 9.30. The smallest absolute Gasteiger partial charge is 0.379 e. The Morgan fingerprint density at radius 2 is 1.87 bits per heavy atom. The SMILES string of the molecule is Cc1c(C(=O)Oc2cccc3ccccc23)oc2c1/C(=N\NC(N)=O)CC(C)(C)C2. The van der Waals surface area contributed by atoms with E-state index in [9.17, 15) is 9.59 Å². The van der Waals surface area contributed by atoms with Gasteiger partial charge >= 0.3 is 12.0 Å². The fraction of sp³-hybridized carbons (Fsp3) is 0.261. The van der Waals surface area contributed by atoms with Crippen molar-refractivity contribution in [2.75, 3.05) is 0 Å². The van der Waals surface area contributed by atoms with Crippen LogP contribution in [-0.2, 0) is 6.42 Å². The maximum atomic E-state index is 13.0. The lowest BCUT2D eigenvalue weighted by molar-refractivity contribution is 0.0699. The van der Waals surface area contributed by atoms with E-state index in [0.29, 0.717) is 35.6 Å². The van der Waals surface area contributed by atoms with Crippen LogP contribution in [0.4, 0.5) is 4.79 Å². The Balaban J connectivity index is 1.71. The molecule has 0 atom stereocenters. The van der Waals surface area contributed by atoms with Crippen molar-refractivity contribution in [1.82, 2.24) is 5.43 Å². The lowest BCUT2D eigenvalue weighted by Gasteiger charge is -2.29. The van der Waals surface area contributed by atoms with Crippen LogP contribution in [0, 0.1) is 12.3 Å². The third kappa shape index (κ3) is 3.66. The van der Waals surface area contributed by atoms with Crippen molar-refractivity contribution < 1.29 is 18.7 Å². The maximum absolute atomic E-state index is 13.0. The molecular formula is C23H23N3O4. The van der Waals surface area contributed by atoms with Gasteiger partial charge in [0.1, 0.15) is 11.5 Å². The molecule has 0 fully saturated rings. The molecular weight excluding hydrogens is 382 g/mol. The highest BCUT2D eigenvalue weighted by molar-refractivity contribution is 6.07. The number of carbonyl (C=O) groups is 2. The number of carbonyl (C=O) groups excluding carboxylic acids is 2. The fourth-order valence-electron chi connectivity index (χ4n) is 3.96. The van der Waals surface area contributed by atoms with Crippen LogP contribution in [0.15, 0.2) is 52.0 Å². The van der Waals surface area contributed by atoms with Gasteiger partial charge in [-0.3, -0.25) is 0 Å². The number of hydrogen-bond acceptors (Lipinski definition) is 5. The van der Waals surface area contributed by atoms with E-state index in [1.165, 1.54) is 0 Å². The highest BCUT2D eigenvalue weighted by atomic mass is 16.5. The predicted molar refractivity (Wildman–Crippen MR) is 114 cm³/mol. The summed E-state index contributed by atoms with van der Waals surface area (Å²) in [5.74, 6) is 0.686. The van der Waals surface area contributed by atoms with Crippen LogP contribution in [0.3, 0.4) is 0 Å². The number of urea groups is 1. The van der Waals surface area contributed by atoms with E-state index in [1.54, 1.807) is 13.0 Å². The summed E-state index contributed by atoms with van der Waals surface area (Å²) in [7, 11) is 0. The highest BCUT2D eigenvalue weighted by Gasteiger charge is 2.36. The summed E-state index contributed by atoms with van der Waals surface area (Å²) in [6.45, 7) is 5.93. The van der Waals surface area contributed by atoms with Crippen LogP contribution in [0.2, 0.25) is 0 Å². The van der Waals surface area contributed by atoms with Crippen LogP contribution in [0.25, 0.3) is 10.8 Å². The Labute approximate surface area is 173 Å². The lowest BCUT2D eigenvalue weighted by atomic mass is 9.75. The van der Waals surface area contributed by atoms with Crippen molar-refractivity contribution >= 4 is 28.5 Å². The number of fused-ring (bicyclic) bond motifs is 2. The lowest BCUT2D eigenvalue weighted by Crippen LogP contribution is -2.31. The number of esters is 1. The molecule has 3 N–H and O–H groups in total. The van der Waals surface area contributed by atoms with Crippen molar-refractivity contribution in [1.29, 1.82) is 0 Å². The molecule has 2 aromatic carbocycles. The second-order valence-electron chi connectivity index (χ2n) is 8.27. The maximum Gasteiger partial charge on any atom is 0.379 e. The molecule has 0 radical (unpaired) electrons. The number of benzene rings is 2. The molecule has 154 valence electrons. The van der Waals surface area contributed by atoms with E-state index in [1.807, 2.05) is 36.4 Å². The zero-order valence-electron chi connectivity index (χ0n) is 17.1. The summed E-state index contributed by atoms with van der Waals surface area (Å²) < 4.78 is 11.7. The predicted octanol–water partition coefficient (Wildman–Crippen LogP) is 4.31. The molecule has 0 saturated carbocycles. The first-order valence-electron chi connectivity index (χ1n) is 9.70. The Hall–Kier alpha value is -3.61. The molecule has 0 bridgehead atoms. The number of ether oxygens (including phenoxy) is 1. The number of nitrogens with one attached hydrogen (secondary N) is 1. The van der Waals surface area contributed by atoms with Gasteiger partial charge in [0.05, 0.1) is 5.71 Å². The second kappa shape index (κ2) is 7.33. The number of primary amides is 1. The molecule has 7 nitrogen and oxygen atoms in total. The highest BCUT2D eigenvalue weighted by Crippen LogP contribution is 2.39. The number of hydrogen-bond donors (Lipinski definition) is 2. The van der Waals surface area contributed by atoms with E-state index in [2.05, 4.69) is 24.4 Å². The molecule has 3 aromatic rings. The van der Waals surface area contributed by atoms with E-state index in [0.717, 1.165) is 16.3 Å². The van der Waals surface area contributed by atoms with Gasteiger partial charge in [-0.2, -0.15) is 5.10 Å². The first-order valence-corrected chi connectivity index (χ1v) is 9.70. The molecule has 1 heterocycles. The van der Waals surface area contributed by atoms with Crippen LogP contribution >= 0.6 is 0 Å². The van der Waals surface area contributed by atoms with E-state index >= 15 is 0 Å². The Bertz CT molecular complexity index is 1190. The minimum atomic E-state index is -0.746. The van der Waals surface area contributed by atoms with Gasteiger partial charge < -0.3 is 14.9 Å². The second-order valence-corrected chi connectivity index (χ2v) is 8.27. The van der Waals surface area contributed by atoms with Crippen LogP contribution < -0.4 is 15.9 Å². The summed E-state index contributed by atoms with van der Waals surface area (Å²) in [6, 6.07) is 12.5. The van der Waals surface area contributed by atoms with Gasteiger partial charge in [-0.1, -0.05) is 50.2 Å². The van der Waals surface area contributed by atoms with Crippen molar-refractivity contribution in [2.24, 2.45) is 16.3 Å². The van der Waals surface area contributed by atoms with Crippen molar-refractivity contribution in [3.8, 4) is 5.75 Å². The van der Waals surface area contributed by atoms with Gasteiger partial charge in [0.25, 0.3) is 0 Å². The largest absolute Gasteiger partial charge is 0.453 e. The minimum absolute atomic E-state index is 0.136. The first kappa shape index (κ1) is 19.7. The van der Waals surface area contributed by atoms with Crippen LogP contribution in [-0.4, -0.2) is 17.7 Å². The van der Waals surface area contributed by atoms with Crippen LogP contribution in [0.5, 0.6) is 5.75 Å². The standard InChI is InChI=1S/C23H23N3O4/c1-13-19-16(25-26-22(24)28)11-23(2,3)12-18(19)29-20(13)21(27)30-17-10-6-8-14-7-4-5-9-15(14)17/h4-10H,11-12H2,1-3H3,(H3,24,26,28)/b25-16-. The van der Waals surface area contributed by atoms with Gasteiger partial charge in [0.2, 0.25) is 5.76 Å². The third-order valence-electron chi connectivity index (χ3n) is 5.23. The quantitative estimate of drug-likeness (QED) is 0.385. The third-order valence-corrected chi connectivity index (χ3v) is 5.23. The monoisotopic (exact) mass is 405 g/mol. The molecule has 4 rings (SSSR count). The van der Waals surface area contributed by atoms with Crippen molar-refractivity contribution in [2.45, 2.75) is 33.6 Å². The van der Waals surface area contributed by atoms with Gasteiger partial charge in [-0.05, 0) is 30.2 Å². The van der Waals surface area contributed by atoms with E-state index < -0.39 is 12.0 Å². The summed E-state index contributed by atoms with van der Waals surface area (Å²) in [5, 5.41) is 5.98. The molecule has 30 heavy (non-hydrogen) atoms. The number of rotatable bonds is 3. The van der Waals surface area contributed by atoms with E-state index in [-0.39, 0.29) is 11.2 Å². The number of hydrazone groups is 1. The van der Waals surface area contributed by atoms with Gasteiger partial charge in [0.15, 0.2) is 0 Å². The molecule has 1 aromatic heterocycles. The number of amides is 2. The molecule has 2 amide bonds. The van der Waals surface area contributed by atoms with Crippen molar-refractivity contribution in [3.63, 3.8) is 0 Å². The molecule has 0 aliphatic heterocycles. The van der Waals surface area contributed by atoms with Gasteiger partial charge in [0, 0.05) is 22.9 Å². The summed E-state index contributed by atoms with van der Waals surface area (Å²) in [6.07, 6.45) is 1.25. The zero-order chi connectivity index (χ0) is 21.5. The average Bonchev–Trinajstić information content (AvgIpc) is 3.01. The minimum Gasteiger partial charge on any atom is -0.453 e. The Kier molecular flexibility index (Phi) is 4.81. The Morgan fingerprint density at radius 3 is 2.63 bits per heavy atom. The Morgan fingerprint density at radius 1 is 1.13 bits per heavy atom. The van der Waals surface area contributed by atoms with Crippen LogP contribution in [0.1, 0.15) is 47.7 Å².